The standard InChI is InChI=1S/C24H33N3O2/c1-16-22(19(4)28)17(2)25-23(16)24(29)18(3)26(5)15-20-11-7-8-12-21(20)27-13-9-6-10-14-27/h7-8,11-12,18,25H,6,9-10,13-15H2,1-5H3. The zero-order chi connectivity index (χ0) is 21.1. The fourth-order valence-electron chi connectivity index (χ4n) is 4.43. The highest BCUT2D eigenvalue weighted by Gasteiger charge is 2.26. The first kappa shape index (κ1) is 21.3. The van der Waals surface area contributed by atoms with E-state index in [2.05, 4.69) is 39.0 Å². The number of nitrogens with zero attached hydrogens (tertiary/aromatic N) is 2. The van der Waals surface area contributed by atoms with Gasteiger partial charge in [0.1, 0.15) is 0 Å². The van der Waals surface area contributed by atoms with Gasteiger partial charge in [0, 0.05) is 36.6 Å². The van der Waals surface area contributed by atoms with E-state index in [9.17, 15) is 9.59 Å². The van der Waals surface area contributed by atoms with Crippen LogP contribution in [0.15, 0.2) is 24.3 Å². The Bertz CT molecular complexity index is 894. The molecule has 1 atom stereocenters. The molecule has 0 saturated carbocycles. The summed E-state index contributed by atoms with van der Waals surface area (Å²) >= 11 is 0. The fourth-order valence-corrected chi connectivity index (χ4v) is 4.43. The Hall–Kier alpha value is -2.40. The van der Waals surface area contributed by atoms with Gasteiger partial charge in [0.2, 0.25) is 0 Å². The molecule has 1 N–H and O–H groups in total. The van der Waals surface area contributed by atoms with Gasteiger partial charge in [-0.1, -0.05) is 18.2 Å². The third-order valence-electron chi connectivity index (χ3n) is 6.18. The number of nitrogens with one attached hydrogen (secondary N) is 1. The highest BCUT2D eigenvalue weighted by Crippen LogP contribution is 2.26. The zero-order valence-electron chi connectivity index (χ0n) is 18.3. The molecule has 0 radical (unpaired) electrons. The maximum absolute atomic E-state index is 13.2. The molecule has 5 nitrogen and oxygen atoms in total. The van der Waals surface area contributed by atoms with Gasteiger partial charge in [0.25, 0.3) is 0 Å². The molecule has 1 unspecified atom stereocenters. The molecule has 3 rings (SSSR count). The second-order valence-corrected chi connectivity index (χ2v) is 8.31. The minimum Gasteiger partial charge on any atom is -0.371 e. The molecule has 0 bridgehead atoms. The quantitative estimate of drug-likeness (QED) is 0.700. The van der Waals surface area contributed by atoms with Gasteiger partial charge in [-0.3, -0.25) is 14.5 Å². The number of Topliss-reactive ketones (excluding diaryl/α,β-unsaturated/α-hetero) is 2. The predicted octanol–water partition coefficient (Wildman–Crippen LogP) is 4.53. The van der Waals surface area contributed by atoms with Crippen LogP contribution < -0.4 is 4.90 Å². The second-order valence-electron chi connectivity index (χ2n) is 8.31. The van der Waals surface area contributed by atoms with Gasteiger partial charge in [-0.2, -0.15) is 0 Å². The van der Waals surface area contributed by atoms with Crippen LogP contribution in [0.1, 0.15) is 70.8 Å². The predicted molar refractivity (Wildman–Crippen MR) is 118 cm³/mol. The number of aromatic amines is 1. The lowest BCUT2D eigenvalue weighted by molar-refractivity contribution is 0.0857. The van der Waals surface area contributed by atoms with E-state index in [1.807, 2.05) is 27.8 Å². The number of hydrogen-bond donors (Lipinski definition) is 1. The van der Waals surface area contributed by atoms with E-state index in [0.29, 0.717) is 17.8 Å². The number of para-hydroxylation sites is 1. The van der Waals surface area contributed by atoms with E-state index in [0.717, 1.165) is 24.3 Å². The monoisotopic (exact) mass is 395 g/mol. The number of rotatable bonds is 7. The van der Waals surface area contributed by atoms with Crippen molar-refractivity contribution in [2.45, 2.75) is 59.5 Å². The van der Waals surface area contributed by atoms with Gasteiger partial charge in [-0.05, 0) is 71.2 Å². The molecule has 1 aromatic carbocycles. The number of likely N-dealkylation sites (N-methyl/N-ethyl adjacent to an activating group) is 1. The van der Waals surface area contributed by atoms with Crippen LogP contribution in [0, 0.1) is 13.8 Å². The molecule has 0 aliphatic carbocycles. The summed E-state index contributed by atoms with van der Waals surface area (Å²) in [7, 11) is 1.99. The molecular weight excluding hydrogens is 362 g/mol. The molecule has 1 aromatic heterocycles. The lowest BCUT2D eigenvalue weighted by atomic mass is 10.0. The maximum Gasteiger partial charge on any atom is 0.196 e. The van der Waals surface area contributed by atoms with Gasteiger partial charge in [-0.25, -0.2) is 0 Å². The minimum absolute atomic E-state index is 0.00762. The van der Waals surface area contributed by atoms with E-state index in [-0.39, 0.29) is 17.6 Å². The highest BCUT2D eigenvalue weighted by molar-refractivity contribution is 6.05. The molecule has 1 saturated heterocycles. The number of benzene rings is 1. The molecule has 0 spiro atoms. The van der Waals surface area contributed by atoms with Crippen LogP contribution in [0.5, 0.6) is 0 Å². The van der Waals surface area contributed by atoms with Crippen LogP contribution in [-0.4, -0.2) is 47.6 Å². The lowest BCUT2D eigenvalue weighted by Gasteiger charge is -2.32. The van der Waals surface area contributed by atoms with Crippen molar-refractivity contribution in [3.8, 4) is 0 Å². The first-order chi connectivity index (χ1) is 13.8. The van der Waals surface area contributed by atoms with E-state index in [1.54, 1.807) is 6.92 Å². The Morgan fingerprint density at radius 3 is 2.41 bits per heavy atom. The second kappa shape index (κ2) is 8.95. The number of ketones is 2. The third-order valence-corrected chi connectivity index (χ3v) is 6.18. The summed E-state index contributed by atoms with van der Waals surface area (Å²) in [4.78, 5) is 32.8. The van der Waals surface area contributed by atoms with Crippen molar-refractivity contribution in [2.75, 3.05) is 25.0 Å². The van der Waals surface area contributed by atoms with E-state index in [4.69, 9.17) is 0 Å². The molecule has 1 aliphatic heterocycles. The summed E-state index contributed by atoms with van der Waals surface area (Å²) in [6.45, 7) is 10.1. The zero-order valence-corrected chi connectivity index (χ0v) is 18.3. The Morgan fingerprint density at radius 1 is 1.14 bits per heavy atom. The molecule has 5 heteroatoms. The number of aromatic nitrogens is 1. The van der Waals surface area contributed by atoms with E-state index >= 15 is 0 Å². The van der Waals surface area contributed by atoms with Gasteiger partial charge in [-0.15, -0.1) is 0 Å². The minimum atomic E-state index is -0.291. The van der Waals surface area contributed by atoms with Gasteiger partial charge < -0.3 is 9.88 Å². The van der Waals surface area contributed by atoms with Crippen LogP contribution in [0.4, 0.5) is 5.69 Å². The average Bonchev–Trinajstić information content (AvgIpc) is 3.02. The number of piperidine rings is 1. The molecular formula is C24H33N3O2. The van der Waals surface area contributed by atoms with E-state index < -0.39 is 0 Å². The van der Waals surface area contributed by atoms with Gasteiger partial charge >= 0.3 is 0 Å². The van der Waals surface area contributed by atoms with Crippen LogP contribution in [0.2, 0.25) is 0 Å². The van der Waals surface area contributed by atoms with E-state index in [1.165, 1.54) is 30.5 Å². The normalized spacial score (nSPS) is 15.6. The summed E-state index contributed by atoms with van der Waals surface area (Å²) in [5.74, 6) is 0.0165. The Balaban J connectivity index is 1.78. The molecule has 156 valence electrons. The average molecular weight is 396 g/mol. The fraction of sp³-hybridized carbons (Fsp3) is 0.500. The number of carbonyl (C=O) groups is 2. The van der Waals surface area contributed by atoms with Crippen molar-refractivity contribution >= 4 is 17.3 Å². The van der Waals surface area contributed by atoms with Crippen molar-refractivity contribution in [2.24, 2.45) is 0 Å². The SMILES string of the molecule is CC(=O)c1c(C)[nH]c(C(=O)C(C)N(C)Cc2ccccc2N2CCCCC2)c1C. The van der Waals surface area contributed by atoms with Crippen molar-refractivity contribution in [1.82, 2.24) is 9.88 Å². The van der Waals surface area contributed by atoms with Crippen LogP contribution in [-0.2, 0) is 6.54 Å². The largest absolute Gasteiger partial charge is 0.371 e. The topological polar surface area (TPSA) is 56.4 Å². The van der Waals surface area contributed by atoms with Crippen molar-refractivity contribution < 1.29 is 9.59 Å². The highest BCUT2D eigenvalue weighted by atomic mass is 16.1. The number of anilines is 1. The molecule has 1 fully saturated rings. The number of carbonyl (C=O) groups excluding carboxylic acids is 2. The van der Waals surface area contributed by atoms with Crippen LogP contribution in [0.25, 0.3) is 0 Å². The van der Waals surface area contributed by atoms with Crippen molar-refractivity contribution in [3.05, 3.63) is 52.3 Å². The first-order valence-electron chi connectivity index (χ1n) is 10.6. The Labute approximate surface area is 174 Å². The Kier molecular flexibility index (Phi) is 6.58. The summed E-state index contributed by atoms with van der Waals surface area (Å²) in [5, 5.41) is 0. The van der Waals surface area contributed by atoms with Gasteiger partial charge in [0.05, 0.1) is 11.7 Å². The summed E-state index contributed by atoms with van der Waals surface area (Å²) in [6, 6.07) is 8.23. The molecule has 29 heavy (non-hydrogen) atoms. The number of H-pyrrole nitrogens is 1. The lowest BCUT2D eigenvalue weighted by Crippen LogP contribution is -2.37. The maximum atomic E-state index is 13.2. The summed E-state index contributed by atoms with van der Waals surface area (Å²) < 4.78 is 0. The first-order valence-corrected chi connectivity index (χ1v) is 10.6. The van der Waals surface area contributed by atoms with Crippen LogP contribution in [0.3, 0.4) is 0 Å². The number of aryl methyl sites for hydroxylation is 1. The summed E-state index contributed by atoms with van der Waals surface area (Å²) in [5.41, 5.74) is 5.25. The molecule has 0 amide bonds. The molecule has 2 heterocycles. The van der Waals surface area contributed by atoms with Crippen molar-refractivity contribution in [1.29, 1.82) is 0 Å². The van der Waals surface area contributed by atoms with Crippen molar-refractivity contribution in [3.63, 3.8) is 0 Å². The molecule has 1 aliphatic rings. The molecule has 2 aromatic rings. The third kappa shape index (κ3) is 4.45. The number of hydrogen-bond acceptors (Lipinski definition) is 4. The smallest absolute Gasteiger partial charge is 0.196 e. The van der Waals surface area contributed by atoms with Crippen LogP contribution >= 0.6 is 0 Å². The summed E-state index contributed by atoms with van der Waals surface area (Å²) in [6.07, 6.45) is 3.78. The van der Waals surface area contributed by atoms with Gasteiger partial charge in [0.15, 0.2) is 11.6 Å². The Morgan fingerprint density at radius 2 is 1.79 bits per heavy atom.